The lowest BCUT2D eigenvalue weighted by Gasteiger charge is -2.14. The first kappa shape index (κ1) is 15.1. The van der Waals surface area contributed by atoms with Gasteiger partial charge >= 0.3 is 0 Å². The van der Waals surface area contributed by atoms with Crippen LogP contribution in [0.2, 0.25) is 0 Å². The SMILES string of the molecule is CC(NC(=O)Cn1cnnn1)c1cccc(S(N)(=O)=O)c1. The first-order valence-corrected chi connectivity index (χ1v) is 7.54. The highest BCUT2D eigenvalue weighted by atomic mass is 32.2. The van der Waals surface area contributed by atoms with Crippen LogP contribution >= 0.6 is 0 Å². The summed E-state index contributed by atoms with van der Waals surface area (Å²) in [7, 11) is -3.77. The predicted molar refractivity (Wildman–Crippen MR) is 72.2 cm³/mol. The van der Waals surface area contributed by atoms with Gasteiger partial charge in [-0.15, -0.1) is 5.10 Å². The van der Waals surface area contributed by atoms with Gasteiger partial charge < -0.3 is 5.32 Å². The fourth-order valence-corrected chi connectivity index (χ4v) is 2.30. The van der Waals surface area contributed by atoms with Gasteiger partial charge in [0.25, 0.3) is 0 Å². The maximum atomic E-state index is 11.8. The number of primary sulfonamides is 1. The molecule has 1 aromatic carbocycles. The summed E-state index contributed by atoms with van der Waals surface area (Å²) in [6.45, 7) is 1.71. The highest BCUT2D eigenvalue weighted by Crippen LogP contribution is 2.16. The number of carbonyl (C=O) groups excluding carboxylic acids is 1. The Morgan fingerprint density at radius 1 is 1.48 bits per heavy atom. The van der Waals surface area contributed by atoms with Gasteiger partial charge in [0.2, 0.25) is 15.9 Å². The number of hydrogen-bond donors (Lipinski definition) is 2. The minimum absolute atomic E-state index is 0.00146. The zero-order valence-electron chi connectivity index (χ0n) is 11.2. The second-order valence-corrected chi connectivity index (χ2v) is 5.98. The third-order valence-electron chi connectivity index (χ3n) is 2.76. The predicted octanol–water partition coefficient (Wildman–Crippen LogP) is -0.802. The number of carbonyl (C=O) groups is 1. The van der Waals surface area contributed by atoms with Gasteiger partial charge in [0.05, 0.1) is 10.9 Å². The fraction of sp³-hybridized carbons (Fsp3) is 0.273. The Balaban J connectivity index is 2.06. The molecule has 1 unspecified atom stereocenters. The molecule has 10 heteroatoms. The van der Waals surface area contributed by atoms with E-state index in [2.05, 4.69) is 20.8 Å². The molecule has 0 aliphatic rings. The molecule has 1 aromatic heterocycles. The van der Waals surface area contributed by atoms with Crippen molar-refractivity contribution in [3.05, 3.63) is 36.2 Å². The molecule has 0 saturated carbocycles. The zero-order valence-corrected chi connectivity index (χ0v) is 12.0. The third kappa shape index (κ3) is 4.07. The molecule has 0 aliphatic carbocycles. The van der Waals surface area contributed by atoms with E-state index in [9.17, 15) is 13.2 Å². The summed E-state index contributed by atoms with van der Waals surface area (Å²) >= 11 is 0. The third-order valence-corrected chi connectivity index (χ3v) is 3.67. The van der Waals surface area contributed by atoms with Crippen molar-refractivity contribution in [2.45, 2.75) is 24.4 Å². The van der Waals surface area contributed by atoms with Crippen molar-refractivity contribution in [2.24, 2.45) is 5.14 Å². The second kappa shape index (κ2) is 5.97. The molecular weight excluding hydrogens is 296 g/mol. The van der Waals surface area contributed by atoms with E-state index in [4.69, 9.17) is 5.14 Å². The van der Waals surface area contributed by atoms with Gasteiger partial charge in [-0.05, 0) is 35.0 Å². The minimum atomic E-state index is -3.77. The molecule has 1 heterocycles. The van der Waals surface area contributed by atoms with E-state index in [1.807, 2.05) is 0 Å². The normalized spacial score (nSPS) is 12.9. The Kier molecular flexibility index (Phi) is 4.29. The molecule has 0 saturated heterocycles. The molecule has 0 bridgehead atoms. The Hall–Kier alpha value is -2.33. The summed E-state index contributed by atoms with van der Waals surface area (Å²) in [5, 5.41) is 18.2. The molecule has 0 fully saturated rings. The average Bonchev–Trinajstić information content (AvgIpc) is 2.90. The largest absolute Gasteiger partial charge is 0.348 e. The van der Waals surface area contributed by atoms with E-state index in [0.717, 1.165) is 0 Å². The van der Waals surface area contributed by atoms with Gasteiger partial charge in [0, 0.05) is 0 Å². The van der Waals surface area contributed by atoms with Gasteiger partial charge in [0.1, 0.15) is 12.9 Å². The highest BCUT2D eigenvalue weighted by Gasteiger charge is 2.14. The van der Waals surface area contributed by atoms with Crippen LogP contribution in [-0.2, 0) is 21.4 Å². The van der Waals surface area contributed by atoms with E-state index < -0.39 is 10.0 Å². The molecule has 0 radical (unpaired) electrons. The molecule has 21 heavy (non-hydrogen) atoms. The van der Waals surface area contributed by atoms with E-state index >= 15 is 0 Å². The lowest BCUT2D eigenvalue weighted by Crippen LogP contribution is -2.30. The highest BCUT2D eigenvalue weighted by molar-refractivity contribution is 7.89. The summed E-state index contributed by atoms with van der Waals surface area (Å²) in [5.41, 5.74) is 0.631. The first-order valence-electron chi connectivity index (χ1n) is 5.99. The summed E-state index contributed by atoms with van der Waals surface area (Å²) in [6, 6.07) is 5.72. The monoisotopic (exact) mass is 310 g/mol. The second-order valence-electron chi connectivity index (χ2n) is 4.41. The minimum Gasteiger partial charge on any atom is -0.348 e. The number of aromatic nitrogens is 4. The van der Waals surface area contributed by atoms with E-state index in [1.165, 1.54) is 23.1 Å². The van der Waals surface area contributed by atoms with Gasteiger partial charge in [-0.3, -0.25) is 4.79 Å². The van der Waals surface area contributed by atoms with Crippen molar-refractivity contribution < 1.29 is 13.2 Å². The lowest BCUT2D eigenvalue weighted by atomic mass is 10.1. The van der Waals surface area contributed by atoms with Gasteiger partial charge in [-0.2, -0.15) is 0 Å². The number of rotatable bonds is 5. The van der Waals surface area contributed by atoms with Crippen LogP contribution in [0.4, 0.5) is 0 Å². The maximum absolute atomic E-state index is 11.8. The number of nitrogens with two attached hydrogens (primary N) is 1. The Bertz CT molecular complexity index is 728. The molecule has 3 N–H and O–H groups in total. The molecular formula is C11H14N6O3S. The lowest BCUT2D eigenvalue weighted by molar-refractivity contribution is -0.122. The molecule has 112 valence electrons. The summed E-state index contributed by atoms with van der Waals surface area (Å²) in [4.78, 5) is 11.8. The van der Waals surface area contributed by atoms with Crippen LogP contribution in [0, 0.1) is 0 Å². The number of benzene rings is 1. The van der Waals surface area contributed by atoms with Crippen molar-refractivity contribution >= 4 is 15.9 Å². The molecule has 9 nitrogen and oxygen atoms in total. The van der Waals surface area contributed by atoms with Crippen LogP contribution in [0.15, 0.2) is 35.5 Å². The number of nitrogens with one attached hydrogen (secondary N) is 1. The standard InChI is InChI=1S/C11H14N6O3S/c1-8(14-11(18)6-17-7-13-15-16-17)9-3-2-4-10(5-9)21(12,19)20/h2-5,7-8H,6H2,1H3,(H,14,18)(H2,12,19,20). The van der Waals surface area contributed by atoms with E-state index in [0.29, 0.717) is 5.56 Å². The Labute approximate surface area is 121 Å². The molecule has 0 aliphatic heterocycles. The van der Waals surface area contributed by atoms with Crippen molar-refractivity contribution in [3.8, 4) is 0 Å². The quantitative estimate of drug-likeness (QED) is 0.742. The van der Waals surface area contributed by atoms with Crippen molar-refractivity contribution in [1.82, 2.24) is 25.5 Å². The summed E-state index contributed by atoms with van der Waals surface area (Å²) in [6.07, 6.45) is 1.33. The Morgan fingerprint density at radius 3 is 2.86 bits per heavy atom. The number of amides is 1. The van der Waals surface area contributed by atoms with Gasteiger partial charge in [-0.1, -0.05) is 12.1 Å². The van der Waals surface area contributed by atoms with Crippen molar-refractivity contribution in [1.29, 1.82) is 0 Å². The van der Waals surface area contributed by atoms with Crippen molar-refractivity contribution in [3.63, 3.8) is 0 Å². The summed E-state index contributed by atoms with van der Waals surface area (Å²) < 4.78 is 23.9. The molecule has 1 atom stereocenters. The van der Waals surface area contributed by atoms with E-state index in [1.54, 1.807) is 19.1 Å². The molecule has 2 rings (SSSR count). The van der Waals surface area contributed by atoms with E-state index in [-0.39, 0.29) is 23.4 Å². The fourth-order valence-electron chi connectivity index (χ4n) is 1.73. The number of hydrogen-bond acceptors (Lipinski definition) is 6. The maximum Gasteiger partial charge on any atom is 0.242 e. The van der Waals surface area contributed by atoms with Gasteiger partial charge in [0.15, 0.2) is 0 Å². The Morgan fingerprint density at radius 2 is 2.24 bits per heavy atom. The first-order chi connectivity index (χ1) is 9.86. The topological polar surface area (TPSA) is 133 Å². The van der Waals surface area contributed by atoms with Gasteiger partial charge in [-0.25, -0.2) is 18.2 Å². The molecule has 2 aromatic rings. The van der Waals surface area contributed by atoms with Crippen LogP contribution in [0.5, 0.6) is 0 Å². The number of tetrazole rings is 1. The van der Waals surface area contributed by atoms with Crippen LogP contribution in [0.25, 0.3) is 0 Å². The van der Waals surface area contributed by atoms with Crippen molar-refractivity contribution in [2.75, 3.05) is 0 Å². The van der Waals surface area contributed by atoms with Crippen LogP contribution in [0.1, 0.15) is 18.5 Å². The zero-order chi connectivity index (χ0) is 15.5. The number of nitrogens with zero attached hydrogens (tertiary/aromatic N) is 4. The van der Waals surface area contributed by atoms with Crippen LogP contribution in [0.3, 0.4) is 0 Å². The number of sulfonamides is 1. The summed E-state index contributed by atoms with van der Waals surface area (Å²) in [5.74, 6) is -0.296. The molecule has 1 amide bonds. The average molecular weight is 310 g/mol. The van der Waals surface area contributed by atoms with Crippen LogP contribution in [-0.4, -0.2) is 34.5 Å². The smallest absolute Gasteiger partial charge is 0.242 e. The molecule has 0 spiro atoms. The van der Waals surface area contributed by atoms with Crippen LogP contribution < -0.4 is 10.5 Å².